The van der Waals surface area contributed by atoms with Gasteiger partial charge in [-0.3, -0.25) is 19.3 Å². The third kappa shape index (κ3) is 4.35. The number of carbonyl (C=O) groups is 3. The third-order valence-corrected chi connectivity index (χ3v) is 4.18. The van der Waals surface area contributed by atoms with Crippen molar-refractivity contribution in [1.29, 1.82) is 0 Å². The van der Waals surface area contributed by atoms with Crippen molar-refractivity contribution in [1.82, 2.24) is 4.90 Å². The van der Waals surface area contributed by atoms with Crippen LogP contribution in [0.25, 0.3) is 6.08 Å². The molecule has 2 rings (SSSR count). The molecule has 1 aromatic rings. The maximum absolute atomic E-state index is 12.1. The van der Waals surface area contributed by atoms with Crippen LogP contribution in [0.3, 0.4) is 0 Å². The number of amides is 3. The van der Waals surface area contributed by atoms with Crippen LogP contribution in [0.5, 0.6) is 5.75 Å². The molecule has 1 aromatic carbocycles. The van der Waals surface area contributed by atoms with E-state index in [-0.39, 0.29) is 11.0 Å². The standard InChI is InChI=1S/C16H18N2O4S/c1-3-10(2)22-12-6-4-11(5-7-12)8-13-15(20)18(9-14(17)19)16(21)23-13/h4-8,10H,3,9H2,1-2H3,(H2,17,19)/b13-8-. The van der Waals surface area contributed by atoms with Gasteiger partial charge in [0.1, 0.15) is 12.3 Å². The lowest BCUT2D eigenvalue weighted by molar-refractivity contribution is -0.127. The number of hydrogen-bond donors (Lipinski definition) is 1. The molecule has 0 spiro atoms. The third-order valence-electron chi connectivity index (χ3n) is 3.28. The molecule has 0 radical (unpaired) electrons. The highest BCUT2D eigenvalue weighted by atomic mass is 32.2. The molecule has 0 aromatic heterocycles. The lowest BCUT2D eigenvalue weighted by atomic mass is 10.2. The van der Waals surface area contributed by atoms with E-state index in [0.717, 1.165) is 34.4 Å². The SMILES string of the molecule is CCC(C)Oc1ccc(/C=C2\SC(=O)N(CC(N)=O)C2=O)cc1. The summed E-state index contributed by atoms with van der Waals surface area (Å²) < 4.78 is 5.68. The Labute approximate surface area is 138 Å². The van der Waals surface area contributed by atoms with E-state index in [1.54, 1.807) is 18.2 Å². The molecule has 1 aliphatic rings. The van der Waals surface area contributed by atoms with Crippen LogP contribution in [-0.2, 0) is 9.59 Å². The number of nitrogens with zero attached hydrogens (tertiary/aromatic N) is 1. The molecular formula is C16H18N2O4S. The van der Waals surface area contributed by atoms with E-state index in [9.17, 15) is 14.4 Å². The van der Waals surface area contributed by atoms with Crippen molar-refractivity contribution in [2.75, 3.05) is 6.54 Å². The fraction of sp³-hybridized carbons (Fsp3) is 0.312. The Bertz CT molecular complexity index is 655. The topological polar surface area (TPSA) is 89.7 Å². The van der Waals surface area contributed by atoms with E-state index < -0.39 is 23.6 Å². The van der Waals surface area contributed by atoms with Gasteiger partial charge in [-0.25, -0.2) is 0 Å². The average Bonchev–Trinajstić information content (AvgIpc) is 2.76. The number of rotatable bonds is 6. The van der Waals surface area contributed by atoms with Crippen LogP contribution in [0, 0.1) is 0 Å². The minimum Gasteiger partial charge on any atom is -0.491 e. The molecule has 1 fully saturated rings. The number of thioether (sulfide) groups is 1. The number of ether oxygens (including phenoxy) is 1. The molecule has 7 heteroatoms. The number of benzene rings is 1. The van der Waals surface area contributed by atoms with Crippen LogP contribution >= 0.6 is 11.8 Å². The Morgan fingerprint density at radius 2 is 2.00 bits per heavy atom. The van der Waals surface area contributed by atoms with Gasteiger partial charge < -0.3 is 10.5 Å². The van der Waals surface area contributed by atoms with Crippen LogP contribution in [-0.4, -0.2) is 34.6 Å². The van der Waals surface area contributed by atoms with Gasteiger partial charge in [0.25, 0.3) is 11.1 Å². The van der Waals surface area contributed by atoms with Gasteiger partial charge in [-0.15, -0.1) is 0 Å². The first-order chi connectivity index (χ1) is 10.9. The van der Waals surface area contributed by atoms with Crippen molar-refractivity contribution < 1.29 is 19.1 Å². The molecule has 0 saturated carbocycles. The van der Waals surface area contributed by atoms with E-state index in [1.807, 2.05) is 26.0 Å². The smallest absolute Gasteiger partial charge is 0.294 e. The summed E-state index contributed by atoms with van der Waals surface area (Å²) in [6, 6.07) is 7.23. The Balaban J connectivity index is 2.11. The van der Waals surface area contributed by atoms with Gasteiger partial charge in [0.2, 0.25) is 5.91 Å². The lowest BCUT2D eigenvalue weighted by Crippen LogP contribution is -2.36. The van der Waals surface area contributed by atoms with E-state index in [0.29, 0.717) is 0 Å². The molecule has 1 atom stereocenters. The molecule has 23 heavy (non-hydrogen) atoms. The second kappa shape index (κ2) is 7.32. The average molecular weight is 334 g/mol. The summed E-state index contributed by atoms with van der Waals surface area (Å²) >= 11 is 0.797. The fourth-order valence-corrected chi connectivity index (χ4v) is 2.74. The first-order valence-corrected chi connectivity index (χ1v) is 8.02. The van der Waals surface area contributed by atoms with Gasteiger partial charge >= 0.3 is 0 Å². The zero-order chi connectivity index (χ0) is 17.0. The number of carbonyl (C=O) groups excluding carboxylic acids is 3. The molecule has 1 aliphatic heterocycles. The first kappa shape index (κ1) is 17.1. The van der Waals surface area contributed by atoms with Crippen LogP contribution in [0.4, 0.5) is 4.79 Å². The van der Waals surface area contributed by atoms with Gasteiger partial charge in [-0.2, -0.15) is 0 Å². The van der Waals surface area contributed by atoms with Gasteiger partial charge in [0.15, 0.2) is 0 Å². The minimum absolute atomic E-state index is 0.131. The molecule has 0 bridgehead atoms. The lowest BCUT2D eigenvalue weighted by Gasteiger charge is -2.12. The molecule has 2 N–H and O–H groups in total. The molecule has 1 heterocycles. The molecular weight excluding hydrogens is 316 g/mol. The molecule has 1 saturated heterocycles. The van der Waals surface area contributed by atoms with Gasteiger partial charge in [-0.05, 0) is 48.9 Å². The first-order valence-electron chi connectivity index (χ1n) is 7.21. The van der Waals surface area contributed by atoms with Crippen molar-refractivity contribution in [2.24, 2.45) is 5.73 Å². The summed E-state index contributed by atoms with van der Waals surface area (Å²) in [5, 5.41) is -0.489. The van der Waals surface area contributed by atoms with Crippen molar-refractivity contribution in [3.05, 3.63) is 34.7 Å². The quantitative estimate of drug-likeness (QED) is 0.807. The zero-order valence-corrected chi connectivity index (χ0v) is 13.8. The van der Waals surface area contributed by atoms with E-state index >= 15 is 0 Å². The van der Waals surface area contributed by atoms with Crippen LogP contribution in [0.2, 0.25) is 0 Å². The number of nitrogens with two attached hydrogens (primary N) is 1. The predicted molar refractivity (Wildman–Crippen MR) is 88.7 cm³/mol. The normalized spacial score (nSPS) is 17.7. The maximum atomic E-state index is 12.1. The minimum atomic E-state index is -0.722. The van der Waals surface area contributed by atoms with Crippen LogP contribution in [0.15, 0.2) is 29.2 Å². The Morgan fingerprint density at radius 1 is 1.35 bits per heavy atom. The number of imide groups is 1. The Hall–Kier alpha value is -2.28. The molecule has 3 amide bonds. The summed E-state index contributed by atoms with van der Waals surface area (Å²) in [5.74, 6) is -0.475. The summed E-state index contributed by atoms with van der Waals surface area (Å²) in [7, 11) is 0. The molecule has 1 unspecified atom stereocenters. The summed E-state index contributed by atoms with van der Waals surface area (Å²) in [6.07, 6.45) is 2.65. The molecule has 0 aliphatic carbocycles. The van der Waals surface area contributed by atoms with Crippen molar-refractivity contribution in [3.63, 3.8) is 0 Å². The number of primary amides is 1. The molecule has 122 valence electrons. The van der Waals surface area contributed by atoms with E-state index in [1.165, 1.54) is 0 Å². The largest absolute Gasteiger partial charge is 0.491 e. The molecule has 6 nitrogen and oxygen atoms in total. The number of hydrogen-bond acceptors (Lipinski definition) is 5. The fourth-order valence-electron chi connectivity index (χ4n) is 1.90. The van der Waals surface area contributed by atoms with E-state index in [4.69, 9.17) is 10.5 Å². The van der Waals surface area contributed by atoms with E-state index in [2.05, 4.69) is 0 Å². The Kier molecular flexibility index (Phi) is 5.44. The van der Waals surface area contributed by atoms with Gasteiger partial charge in [0, 0.05) is 0 Å². The van der Waals surface area contributed by atoms with Crippen molar-refractivity contribution >= 4 is 34.9 Å². The summed E-state index contributed by atoms with van der Waals surface area (Å²) in [5.41, 5.74) is 5.80. The highest BCUT2D eigenvalue weighted by Crippen LogP contribution is 2.32. The van der Waals surface area contributed by atoms with Gasteiger partial charge in [0.05, 0.1) is 11.0 Å². The zero-order valence-electron chi connectivity index (χ0n) is 12.9. The second-order valence-corrected chi connectivity index (χ2v) is 6.13. The van der Waals surface area contributed by atoms with Crippen molar-refractivity contribution in [2.45, 2.75) is 26.4 Å². The van der Waals surface area contributed by atoms with Crippen molar-refractivity contribution in [3.8, 4) is 5.75 Å². The van der Waals surface area contributed by atoms with Crippen LogP contribution < -0.4 is 10.5 Å². The Morgan fingerprint density at radius 3 is 2.57 bits per heavy atom. The second-order valence-electron chi connectivity index (χ2n) is 5.14. The monoisotopic (exact) mass is 334 g/mol. The highest BCUT2D eigenvalue weighted by molar-refractivity contribution is 8.18. The van der Waals surface area contributed by atoms with Crippen LogP contribution in [0.1, 0.15) is 25.8 Å². The van der Waals surface area contributed by atoms with Gasteiger partial charge in [-0.1, -0.05) is 19.1 Å². The summed E-state index contributed by atoms with van der Waals surface area (Å²) in [4.78, 5) is 35.8. The summed E-state index contributed by atoms with van der Waals surface area (Å²) in [6.45, 7) is 3.63. The highest BCUT2D eigenvalue weighted by Gasteiger charge is 2.35. The predicted octanol–water partition coefficient (Wildman–Crippen LogP) is 2.39. The maximum Gasteiger partial charge on any atom is 0.294 e.